The molecule has 2 aromatic rings. The number of rotatable bonds is 2. The molecule has 0 bridgehead atoms. The first-order valence-corrected chi connectivity index (χ1v) is 6.28. The molecule has 8 nitrogen and oxygen atoms in total. The Kier molecular flexibility index (Phi) is 4.59. The summed E-state index contributed by atoms with van der Waals surface area (Å²) in [4.78, 5) is 14.7. The van der Waals surface area contributed by atoms with Crippen molar-refractivity contribution in [2.75, 3.05) is 7.11 Å². The van der Waals surface area contributed by atoms with E-state index in [1.165, 1.54) is 0 Å². The lowest BCUT2D eigenvalue weighted by molar-refractivity contribution is 0.0697. The van der Waals surface area contributed by atoms with E-state index < -0.39 is 16.4 Å². The van der Waals surface area contributed by atoms with Crippen molar-refractivity contribution < 1.29 is 27.1 Å². The van der Waals surface area contributed by atoms with Crippen molar-refractivity contribution in [3.63, 3.8) is 0 Å². The maximum absolute atomic E-state index is 10.6. The second-order valence-electron chi connectivity index (χ2n) is 3.46. The highest BCUT2D eigenvalue weighted by molar-refractivity contribution is 7.80. The van der Waals surface area contributed by atoms with E-state index >= 15 is 0 Å². The molecule has 0 atom stereocenters. The van der Waals surface area contributed by atoms with Gasteiger partial charge in [0.2, 0.25) is 0 Å². The molecule has 0 aliphatic carbocycles. The van der Waals surface area contributed by atoms with E-state index in [1.807, 2.05) is 7.05 Å². The van der Waals surface area contributed by atoms with Gasteiger partial charge in [0, 0.05) is 7.05 Å². The molecule has 0 aliphatic heterocycles. The molecule has 1 heterocycles. The summed E-state index contributed by atoms with van der Waals surface area (Å²) in [6.45, 7) is 0. The fourth-order valence-electron chi connectivity index (χ4n) is 1.26. The third-order valence-electron chi connectivity index (χ3n) is 2.18. The molecule has 0 amide bonds. The fraction of sp³-hybridized carbons (Fsp3) is 0.200. The Labute approximate surface area is 109 Å². The monoisotopic (exact) mass is 288 g/mol. The smallest absolute Gasteiger partial charge is 0.397 e. The number of aromatic carboxylic acids is 1. The summed E-state index contributed by atoms with van der Waals surface area (Å²) in [6, 6.07) is 4.88. The van der Waals surface area contributed by atoms with Crippen molar-refractivity contribution >= 4 is 27.4 Å². The number of imidazole rings is 1. The summed E-state index contributed by atoms with van der Waals surface area (Å²) in [5, 5.41) is 8.74. The number of hydrogen-bond donors (Lipinski definition) is 2. The van der Waals surface area contributed by atoms with Crippen LogP contribution in [0.2, 0.25) is 0 Å². The minimum Gasteiger partial charge on any atom is -0.478 e. The molecule has 104 valence electrons. The van der Waals surface area contributed by atoms with E-state index in [0.717, 1.165) is 18.1 Å². The standard InChI is InChI=1S/C9H8N2O2.CH4O4S/c1-11-5-10-7-3-2-6(9(12)13)4-8(7)11;1-5-6(2,3)4/h2-5H,1H3,(H,12,13);1H3,(H,2,3,4). The van der Waals surface area contributed by atoms with Crippen molar-refractivity contribution in [1.29, 1.82) is 0 Å². The number of benzene rings is 1. The molecule has 0 radical (unpaired) electrons. The zero-order chi connectivity index (χ0) is 14.6. The number of hydrogen-bond acceptors (Lipinski definition) is 5. The Bertz CT molecular complexity index is 691. The van der Waals surface area contributed by atoms with Crippen LogP contribution in [0.15, 0.2) is 24.5 Å². The van der Waals surface area contributed by atoms with E-state index in [2.05, 4.69) is 9.17 Å². The van der Waals surface area contributed by atoms with E-state index in [-0.39, 0.29) is 5.56 Å². The lowest BCUT2D eigenvalue weighted by Crippen LogP contribution is -1.96. The number of aromatic nitrogens is 2. The molecule has 1 aromatic carbocycles. The Balaban J connectivity index is 0.000000258. The number of carbonyl (C=O) groups is 1. The van der Waals surface area contributed by atoms with Crippen LogP contribution in [0.3, 0.4) is 0 Å². The van der Waals surface area contributed by atoms with Crippen LogP contribution < -0.4 is 0 Å². The quantitative estimate of drug-likeness (QED) is 0.781. The molecule has 19 heavy (non-hydrogen) atoms. The lowest BCUT2D eigenvalue weighted by Gasteiger charge is -1.96. The predicted molar refractivity (Wildman–Crippen MR) is 66.2 cm³/mol. The Hall–Kier alpha value is -1.97. The number of fused-ring (bicyclic) bond motifs is 1. The number of carboxylic acids is 1. The maximum Gasteiger partial charge on any atom is 0.397 e. The van der Waals surface area contributed by atoms with Crippen molar-refractivity contribution in [3.05, 3.63) is 30.1 Å². The second kappa shape index (κ2) is 5.78. The van der Waals surface area contributed by atoms with Gasteiger partial charge in [0.25, 0.3) is 0 Å². The number of aryl methyl sites for hydroxylation is 1. The topological polar surface area (TPSA) is 119 Å². The van der Waals surface area contributed by atoms with Gasteiger partial charge in [-0.25, -0.2) is 9.78 Å². The normalized spacial score (nSPS) is 10.9. The van der Waals surface area contributed by atoms with Gasteiger partial charge in [-0.05, 0) is 18.2 Å². The van der Waals surface area contributed by atoms with Crippen LogP contribution in [0.4, 0.5) is 0 Å². The molecular formula is C10H12N2O6S. The zero-order valence-corrected chi connectivity index (χ0v) is 11.0. The van der Waals surface area contributed by atoms with Crippen LogP contribution in [-0.2, 0) is 21.6 Å². The molecule has 1 aromatic heterocycles. The first kappa shape index (κ1) is 15.1. The minimum atomic E-state index is -4.16. The van der Waals surface area contributed by atoms with E-state index in [4.69, 9.17) is 9.66 Å². The van der Waals surface area contributed by atoms with Gasteiger partial charge in [0.1, 0.15) is 0 Å². The summed E-state index contributed by atoms with van der Waals surface area (Å²) in [7, 11) is -1.46. The largest absolute Gasteiger partial charge is 0.478 e. The Morgan fingerprint density at radius 1 is 1.42 bits per heavy atom. The van der Waals surface area contributed by atoms with Crippen molar-refractivity contribution in [3.8, 4) is 0 Å². The van der Waals surface area contributed by atoms with Crippen molar-refractivity contribution in [2.45, 2.75) is 0 Å². The predicted octanol–water partition coefficient (Wildman–Crippen LogP) is 0.707. The third kappa shape index (κ3) is 4.32. The van der Waals surface area contributed by atoms with Crippen LogP contribution >= 0.6 is 0 Å². The van der Waals surface area contributed by atoms with Gasteiger partial charge in [-0.1, -0.05) is 0 Å². The highest BCUT2D eigenvalue weighted by atomic mass is 32.3. The molecule has 0 spiro atoms. The SMILES string of the molecule is COS(=O)(=O)O.Cn1cnc2ccc(C(=O)O)cc21. The Morgan fingerprint density at radius 3 is 2.47 bits per heavy atom. The summed E-state index contributed by atoms with van der Waals surface area (Å²) in [5.41, 5.74) is 1.93. The summed E-state index contributed by atoms with van der Waals surface area (Å²) < 4.78 is 31.5. The molecule has 2 rings (SSSR count). The number of carboxylic acid groups (broad SMARTS) is 1. The zero-order valence-electron chi connectivity index (χ0n) is 10.1. The third-order valence-corrected chi connectivity index (χ3v) is 2.60. The first-order chi connectivity index (χ1) is 8.74. The van der Waals surface area contributed by atoms with Crippen LogP contribution in [0, 0.1) is 0 Å². The minimum absolute atomic E-state index is 0.288. The van der Waals surface area contributed by atoms with Gasteiger partial charge in [0.15, 0.2) is 0 Å². The second-order valence-corrected chi connectivity index (χ2v) is 4.65. The molecule has 0 saturated heterocycles. The van der Waals surface area contributed by atoms with E-state index in [0.29, 0.717) is 0 Å². The molecule has 2 N–H and O–H groups in total. The number of nitrogens with zero attached hydrogens (tertiary/aromatic N) is 2. The molecule has 9 heteroatoms. The fourth-order valence-corrected chi connectivity index (χ4v) is 1.26. The summed E-state index contributed by atoms with van der Waals surface area (Å²) in [6.07, 6.45) is 1.66. The van der Waals surface area contributed by atoms with E-state index in [1.54, 1.807) is 29.1 Å². The maximum atomic E-state index is 10.6. The van der Waals surface area contributed by atoms with Gasteiger partial charge >= 0.3 is 16.4 Å². The molecule has 0 saturated carbocycles. The molecule has 0 aliphatic rings. The molecule has 0 unspecified atom stereocenters. The van der Waals surface area contributed by atoms with Crippen LogP contribution in [-0.4, -0.2) is 40.7 Å². The average molecular weight is 288 g/mol. The van der Waals surface area contributed by atoms with Gasteiger partial charge in [-0.3, -0.25) is 8.74 Å². The van der Waals surface area contributed by atoms with Gasteiger partial charge in [0.05, 0.1) is 30.0 Å². The summed E-state index contributed by atoms with van der Waals surface area (Å²) >= 11 is 0. The highest BCUT2D eigenvalue weighted by Gasteiger charge is 2.05. The van der Waals surface area contributed by atoms with Crippen LogP contribution in [0.25, 0.3) is 11.0 Å². The van der Waals surface area contributed by atoms with E-state index in [9.17, 15) is 13.2 Å². The van der Waals surface area contributed by atoms with Gasteiger partial charge < -0.3 is 9.67 Å². The van der Waals surface area contributed by atoms with Crippen molar-refractivity contribution in [1.82, 2.24) is 9.55 Å². The van der Waals surface area contributed by atoms with Gasteiger partial charge in [-0.15, -0.1) is 0 Å². The average Bonchev–Trinajstić information content (AvgIpc) is 2.70. The first-order valence-electron chi connectivity index (χ1n) is 4.92. The highest BCUT2D eigenvalue weighted by Crippen LogP contribution is 2.13. The lowest BCUT2D eigenvalue weighted by atomic mass is 10.2. The van der Waals surface area contributed by atoms with Gasteiger partial charge in [-0.2, -0.15) is 8.42 Å². The summed E-state index contributed by atoms with van der Waals surface area (Å²) in [5.74, 6) is -0.914. The molecular weight excluding hydrogens is 276 g/mol. The molecule has 0 fully saturated rings. The Morgan fingerprint density at radius 2 is 2.00 bits per heavy atom. The van der Waals surface area contributed by atoms with Crippen molar-refractivity contribution in [2.24, 2.45) is 7.05 Å². The van der Waals surface area contributed by atoms with Crippen LogP contribution in [0.5, 0.6) is 0 Å². The van der Waals surface area contributed by atoms with Crippen LogP contribution in [0.1, 0.15) is 10.4 Å².